The fourth-order valence-electron chi connectivity index (χ4n) is 0.243. The van der Waals surface area contributed by atoms with Gasteiger partial charge in [0.25, 0.3) is 0 Å². The minimum atomic E-state index is -2.51. The Morgan fingerprint density at radius 2 is 2.00 bits per heavy atom. The third kappa shape index (κ3) is 2.37. The topological polar surface area (TPSA) is 9.23 Å². The van der Waals surface area contributed by atoms with Crippen LogP contribution in [-0.4, -0.2) is 23.4 Å². The van der Waals surface area contributed by atoms with Crippen LogP contribution >= 0.6 is 11.1 Å². The first-order valence-corrected chi connectivity index (χ1v) is 6.98. The number of halogens is 2. The van der Waals surface area contributed by atoms with Crippen LogP contribution in [0.4, 0.5) is 4.39 Å². The first-order valence-electron chi connectivity index (χ1n) is 2.74. The van der Waals surface area contributed by atoms with Gasteiger partial charge in [0.1, 0.15) is 15.8 Å². The lowest BCUT2D eigenvalue weighted by Gasteiger charge is -2.28. The van der Waals surface area contributed by atoms with Gasteiger partial charge < -0.3 is 4.12 Å². The van der Waals surface area contributed by atoms with E-state index in [1.54, 1.807) is 6.55 Å². The molecule has 1 unspecified atom stereocenters. The van der Waals surface area contributed by atoms with Crippen molar-refractivity contribution < 1.29 is 8.51 Å². The third-order valence-electron chi connectivity index (χ3n) is 1.45. The van der Waals surface area contributed by atoms with Crippen LogP contribution in [-0.2, 0) is 4.12 Å². The number of hydrogen-bond donors (Lipinski definition) is 0. The van der Waals surface area contributed by atoms with Crippen LogP contribution in [0.1, 0.15) is 13.8 Å². The van der Waals surface area contributed by atoms with E-state index in [-0.39, 0.29) is 0 Å². The lowest BCUT2D eigenvalue weighted by Crippen LogP contribution is -2.46. The summed E-state index contributed by atoms with van der Waals surface area (Å²) in [6, 6.07) is 0. The van der Waals surface area contributed by atoms with Crippen molar-refractivity contribution in [3.63, 3.8) is 0 Å². The summed E-state index contributed by atoms with van der Waals surface area (Å²) in [5.74, 6) is 0. The van der Waals surface area contributed by atoms with Crippen molar-refractivity contribution in [2.45, 2.75) is 25.7 Å². The van der Waals surface area contributed by atoms with Gasteiger partial charge in [-0.25, -0.2) is 4.39 Å². The van der Waals surface area contributed by atoms with E-state index in [9.17, 15) is 4.39 Å². The molecule has 5 heteroatoms. The van der Waals surface area contributed by atoms with Gasteiger partial charge in [0, 0.05) is 0 Å². The molecule has 9 heavy (non-hydrogen) atoms. The van der Waals surface area contributed by atoms with Gasteiger partial charge in [0.15, 0.2) is 0 Å². The first kappa shape index (κ1) is 9.61. The van der Waals surface area contributed by atoms with Crippen molar-refractivity contribution in [1.29, 1.82) is 0 Å². The third-order valence-corrected chi connectivity index (χ3v) is 9.37. The van der Waals surface area contributed by atoms with Crippen molar-refractivity contribution >= 4 is 29.2 Å². The average Bonchev–Trinajstić information content (AvgIpc) is 1.64. The average molecular weight is 187 g/mol. The van der Waals surface area contributed by atoms with Crippen LogP contribution in [0.2, 0.25) is 6.55 Å². The molecule has 0 aliphatic heterocycles. The predicted octanol–water partition coefficient (Wildman–Crippen LogP) is 0.881. The SMILES string of the molecule is CC(C)(F)[Si](C)(Cl)O[SiH3]. The fraction of sp³-hybridized carbons (Fsp3) is 1.00. The predicted molar refractivity (Wildman–Crippen MR) is 43.7 cm³/mol. The van der Waals surface area contributed by atoms with Crippen molar-refractivity contribution in [1.82, 2.24) is 0 Å². The molecule has 0 saturated heterocycles. The molecule has 1 atom stereocenters. The smallest absolute Gasteiger partial charge is 0.313 e. The molecule has 0 aliphatic carbocycles. The maximum Gasteiger partial charge on any atom is 0.313 e. The molecule has 0 N–H and O–H groups in total. The second-order valence-corrected chi connectivity index (χ2v) is 9.41. The maximum atomic E-state index is 13.0. The number of rotatable bonds is 2. The van der Waals surface area contributed by atoms with Crippen molar-refractivity contribution in [2.24, 2.45) is 0 Å². The summed E-state index contributed by atoms with van der Waals surface area (Å²) in [5, 5.41) is -1.34. The Morgan fingerprint density at radius 1 is 1.67 bits per heavy atom. The summed E-state index contributed by atoms with van der Waals surface area (Å²) in [6.07, 6.45) is 0. The molecule has 0 saturated carbocycles. The van der Waals surface area contributed by atoms with Gasteiger partial charge in [-0.2, -0.15) is 0 Å². The molecule has 0 aromatic heterocycles. The summed E-state index contributed by atoms with van der Waals surface area (Å²) in [5.41, 5.74) is 0. The van der Waals surface area contributed by atoms with Gasteiger partial charge in [-0.05, 0) is 20.4 Å². The second-order valence-electron chi connectivity index (χ2n) is 2.59. The van der Waals surface area contributed by atoms with Crippen molar-refractivity contribution in [2.75, 3.05) is 0 Å². The van der Waals surface area contributed by atoms with E-state index in [4.69, 9.17) is 15.2 Å². The summed E-state index contributed by atoms with van der Waals surface area (Å²) in [7, 11) is -1.99. The van der Waals surface area contributed by atoms with Gasteiger partial charge in [-0.3, -0.25) is 0 Å². The number of alkyl halides is 1. The highest BCUT2D eigenvalue weighted by molar-refractivity contribution is 7.18. The zero-order valence-corrected chi connectivity index (χ0v) is 9.92. The van der Waals surface area contributed by atoms with E-state index in [1.807, 2.05) is 0 Å². The van der Waals surface area contributed by atoms with E-state index in [2.05, 4.69) is 0 Å². The van der Waals surface area contributed by atoms with Gasteiger partial charge in [-0.15, -0.1) is 11.1 Å². The van der Waals surface area contributed by atoms with Crippen molar-refractivity contribution in [3.05, 3.63) is 0 Å². The molecule has 0 radical (unpaired) electrons. The minimum Gasteiger partial charge on any atom is -0.451 e. The van der Waals surface area contributed by atoms with E-state index >= 15 is 0 Å². The van der Waals surface area contributed by atoms with Gasteiger partial charge in [0.05, 0.1) is 0 Å². The molecule has 0 heterocycles. The Balaban J connectivity index is 4.14. The second kappa shape index (κ2) is 2.69. The highest BCUT2D eigenvalue weighted by Gasteiger charge is 2.43. The van der Waals surface area contributed by atoms with Crippen LogP contribution in [0, 0.1) is 0 Å². The van der Waals surface area contributed by atoms with Crippen LogP contribution in [0.5, 0.6) is 0 Å². The highest BCUT2D eigenvalue weighted by atomic mass is 35.6. The Bertz CT molecular complexity index is 101. The molecule has 0 aromatic rings. The molecule has 0 aromatic carbocycles. The standard InChI is InChI=1S/C4H12ClFOSi2/c1-4(2,6)9(3,5)7-8/h1-3,8H3. The quantitative estimate of drug-likeness (QED) is 0.460. The van der Waals surface area contributed by atoms with Crippen molar-refractivity contribution in [3.8, 4) is 0 Å². The zero-order valence-electron chi connectivity index (χ0n) is 6.16. The normalized spacial score (nSPS) is 19.7. The minimum absolute atomic E-state index is 0.518. The van der Waals surface area contributed by atoms with Gasteiger partial charge in [0.2, 0.25) is 0 Å². The molecular formula is C4H12ClFOSi2. The maximum absolute atomic E-state index is 13.0. The van der Waals surface area contributed by atoms with Gasteiger partial charge >= 0.3 is 7.63 Å². The summed E-state index contributed by atoms with van der Waals surface area (Å²) in [6.45, 7) is 4.59. The molecule has 56 valence electrons. The molecule has 0 bridgehead atoms. The largest absolute Gasteiger partial charge is 0.451 e. The molecule has 1 nitrogen and oxygen atoms in total. The zero-order chi connectivity index (χ0) is 7.71. The van der Waals surface area contributed by atoms with Gasteiger partial charge in [-0.1, -0.05) is 0 Å². The van der Waals surface area contributed by atoms with E-state index in [0.717, 1.165) is 0 Å². The Hall–Kier alpha value is 0.614. The van der Waals surface area contributed by atoms with Crippen LogP contribution in [0.3, 0.4) is 0 Å². The Kier molecular flexibility index (Phi) is 2.88. The Morgan fingerprint density at radius 3 is 2.00 bits per heavy atom. The molecule has 0 spiro atoms. The monoisotopic (exact) mass is 186 g/mol. The molecule has 0 amide bonds. The summed E-state index contributed by atoms with van der Waals surface area (Å²) in [4.78, 5) is 0. The molecule has 0 rings (SSSR count). The molecule has 0 aliphatic rings. The number of hydrogen-bond acceptors (Lipinski definition) is 1. The van der Waals surface area contributed by atoms with Crippen LogP contribution in [0.15, 0.2) is 0 Å². The lowest BCUT2D eigenvalue weighted by molar-refractivity contribution is 0.293. The molecule has 0 fully saturated rings. The first-order chi connectivity index (χ1) is 3.81. The summed E-state index contributed by atoms with van der Waals surface area (Å²) < 4.78 is 18.0. The van der Waals surface area contributed by atoms with Crippen LogP contribution < -0.4 is 0 Å². The fourth-order valence-corrected chi connectivity index (χ4v) is 2.18. The lowest BCUT2D eigenvalue weighted by atomic mass is 10.5. The molecular weight excluding hydrogens is 175 g/mol. The summed E-state index contributed by atoms with van der Waals surface area (Å²) >= 11 is 5.77. The van der Waals surface area contributed by atoms with Crippen LogP contribution in [0.25, 0.3) is 0 Å². The van der Waals surface area contributed by atoms with E-state index in [1.165, 1.54) is 13.8 Å². The highest BCUT2D eigenvalue weighted by Crippen LogP contribution is 2.27. The van der Waals surface area contributed by atoms with E-state index < -0.39 is 12.9 Å². The Labute approximate surface area is 63.9 Å². The van der Waals surface area contributed by atoms with E-state index in [0.29, 0.717) is 10.5 Å².